The van der Waals surface area contributed by atoms with Gasteiger partial charge in [0.05, 0.1) is 5.56 Å². The molecule has 10 nitrogen and oxygen atoms in total. The molecule has 4 rings (SSSR count). The highest BCUT2D eigenvalue weighted by molar-refractivity contribution is 6.25. The van der Waals surface area contributed by atoms with E-state index in [4.69, 9.17) is 5.11 Å². The minimum absolute atomic E-state index is 0.00151. The number of phenols is 1. The summed E-state index contributed by atoms with van der Waals surface area (Å²) >= 11 is 0. The first kappa shape index (κ1) is 26.8. The summed E-state index contributed by atoms with van der Waals surface area (Å²) in [5.41, 5.74) is -1.46. The molecule has 3 aliphatic rings. The Kier molecular flexibility index (Phi) is 6.96. The van der Waals surface area contributed by atoms with Gasteiger partial charge >= 0.3 is 0 Å². The maximum absolute atomic E-state index is 13.9. The van der Waals surface area contributed by atoms with E-state index in [1.807, 2.05) is 25.9 Å². The number of aliphatic hydroxyl groups excluding tert-OH is 3. The van der Waals surface area contributed by atoms with Crippen LogP contribution in [0.5, 0.6) is 5.75 Å². The van der Waals surface area contributed by atoms with Crippen molar-refractivity contribution in [2.75, 3.05) is 25.6 Å². The Morgan fingerprint density at radius 1 is 1.22 bits per heavy atom. The number of carbonyl (C=O) groups excluding carboxylic acids is 3. The van der Waals surface area contributed by atoms with Gasteiger partial charge in [0.15, 0.2) is 17.2 Å². The van der Waals surface area contributed by atoms with Crippen LogP contribution in [-0.4, -0.2) is 75.2 Å². The maximum Gasteiger partial charge on any atom is 0.209 e. The van der Waals surface area contributed by atoms with Crippen molar-refractivity contribution in [3.8, 4) is 5.75 Å². The van der Waals surface area contributed by atoms with Gasteiger partial charge in [-0.3, -0.25) is 14.4 Å². The number of benzene rings is 1. The molecule has 0 saturated carbocycles. The highest BCUT2D eigenvalue weighted by atomic mass is 16.3. The van der Waals surface area contributed by atoms with Gasteiger partial charge in [-0.25, -0.2) is 0 Å². The van der Waals surface area contributed by atoms with Crippen molar-refractivity contribution < 1.29 is 39.9 Å². The molecular formula is C27H34N2O8. The lowest BCUT2D eigenvalue weighted by molar-refractivity contribution is -0.144. The summed E-state index contributed by atoms with van der Waals surface area (Å²) in [4.78, 5) is 40.9. The lowest BCUT2D eigenvalue weighted by Gasteiger charge is -2.46. The number of allylic oxidation sites excluding steroid dienone is 2. The van der Waals surface area contributed by atoms with Crippen LogP contribution in [0.3, 0.4) is 0 Å². The van der Waals surface area contributed by atoms with Gasteiger partial charge < -0.3 is 35.7 Å². The zero-order chi connectivity index (χ0) is 27.4. The lowest BCUT2D eigenvalue weighted by Crippen LogP contribution is -2.56. The van der Waals surface area contributed by atoms with Gasteiger partial charge in [-0.05, 0) is 50.7 Å². The fraction of sp³-hybridized carbons (Fsp3) is 0.519. The van der Waals surface area contributed by atoms with Crippen molar-refractivity contribution in [3.05, 3.63) is 45.4 Å². The molecule has 1 aromatic rings. The van der Waals surface area contributed by atoms with Gasteiger partial charge in [-0.2, -0.15) is 0 Å². The SMILES string of the molecule is CC(=O)C1=C(O)C[C@@H]2C[C@@H]3Cc4c(N(C)C)cc(CNC(C)CCO)c(O)c4C(=O)C3=C(O)[C@]2(O)C1=O. The maximum atomic E-state index is 13.9. The molecule has 0 radical (unpaired) electrons. The Labute approximate surface area is 214 Å². The summed E-state index contributed by atoms with van der Waals surface area (Å²) in [6.07, 6.45) is 0.709. The molecule has 1 unspecified atom stereocenters. The summed E-state index contributed by atoms with van der Waals surface area (Å²) in [6, 6.07) is 1.75. The number of hydrogen-bond acceptors (Lipinski definition) is 10. The number of rotatable bonds is 7. The lowest BCUT2D eigenvalue weighted by atomic mass is 9.60. The summed E-state index contributed by atoms with van der Waals surface area (Å²) < 4.78 is 0. The summed E-state index contributed by atoms with van der Waals surface area (Å²) in [6.45, 7) is 3.20. The minimum atomic E-state index is -2.51. The number of nitrogens with one attached hydrogen (secondary N) is 1. The third-order valence-electron chi connectivity index (χ3n) is 7.91. The quantitative estimate of drug-likeness (QED) is 0.294. The molecule has 37 heavy (non-hydrogen) atoms. The van der Waals surface area contributed by atoms with E-state index in [2.05, 4.69) is 5.32 Å². The van der Waals surface area contributed by atoms with Gasteiger partial charge in [-0.15, -0.1) is 0 Å². The van der Waals surface area contributed by atoms with Crippen LogP contribution in [-0.2, 0) is 22.6 Å². The Morgan fingerprint density at radius 3 is 2.49 bits per heavy atom. The Hall–Kier alpha value is -3.21. The number of ketones is 3. The monoisotopic (exact) mass is 514 g/mol. The number of carbonyl (C=O) groups is 3. The summed E-state index contributed by atoms with van der Waals surface area (Å²) in [5, 5.41) is 56.6. The highest BCUT2D eigenvalue weighted by Gasteiger charge is 2.59. The normalized spacial score (nSPS) is 26.0. The molecule has 0 saturated heterocycles. The Bertz CT molecular complexity index is 1250. The number of anilines is 1. The van der Waals surface area contributed by atoms with Crippen molar-refractivity contribution in [1.29, 1.82) is 0 Å². The van der Waals surface area contributed by atoms with E-state index >= 15 is 0 Å². The number of phenolic OH excluding ortho intramolecular Hbond substituents is 1. The van der Waals surface area contributed by atoms with Gasteiger partial charge in [0.1, 0.15) is 22.8 Å². The first-order valence-corrected chi connectivity index (χ1v) is 12.4. The predicted molar refractivity (Wildman–Crippen MR) is 135 cm³/mol. The zero-order valence-corrected chi connectivity index (χ0v) is 21.5. The summed E-state index contributed by atoms with van der Waals surface area (Å²) in [5.74, 6) is -5.51. The molecule has 6 N–H and O–H groups in total. The van der Waals surface area contributed by atoms with E-state index < -0.39 is 51.9 Å². The van der Waals surface area contributed by atoms with E-state index in [0.29, 0.717) is 23.2 Å². The second-order valence-electron chi connectivity index (χ2n) is 10.5. The van der Waals surface area contributed by atoms with E-state index in [0.717, 1.165) is 6.92 Å². The number of nitrogens with zero attached hydrogens (tertiary/aromatic N) is 1. The average molecular weight is 515 g/mol. The van der Waals surface area contributed by atoms with Crippen molar-refractivity contribution in [1.82, 2.24) is 5.32 Å². The molecule has 0 heterocycles. The highest BCUT2D eigenvalue weighted by Crippen LogP contribution is 2.52. The van der Waals surface area contributed by atoms with Crippen molar-refractivity contribution in [2.45, 2.75) is 57.7 Å². The second kappa shape index (κ2) is 9.59. The molecule has 4 atom stereocenters. The first-order chi connectivity index (χ1) is 17.3. The standard InChI is InChI=1S/C27H34N2O8/c1-12(5-6-30)28-11-15-9-18(29(3)4)17-8-14-7-16-10-19(32)20(13(2)31)25(35)27(16,37)26(36)21(14)24(34)22(17)23(15)33/h9,12,14,16,28,30,32-33,36-37H,5-8,10-11H2,1-4H3/t12?,14-,16+,27-/m1/s1. The molecule has 0 bridgehead atoms. The average Bonchev–Trinajstić information content (AvgIpc) is 2.80. The fourth-order valence-electron chi connectivity index (χ4n) is 5.94. The number of Topliss-reactive ketones (excluding diaryl/α,β-unsaturated/α-hetero) is 3. The van der Waals surface area contributed by atoms with Crippen molar-refractivity contribution >= 4 is 23.0 Å². The van der Waals surface area contributed by atoms with Crippen LogP contribution in [0.15, 0.2) is 28.7 Å². The Balaban J connectivity index is 1.84. The molecule has 200 valence electrons. The van der Waals surface area contributed by atoms with E-state index in [9.17, 15) is 34.8 Å². The molecule has 10 heteroatoms. The first-order valence-electron chi connectivity index (χ1n) is 12.4. The van der Waals surface area contributed by atoms with Crippen molar-refractivity contribution in [3.63, 3.8) is 0 Å². The number of aromatic hydroxyl groups is 1. The molecule has 0 aromatic heterocycles. The van der Waals surface area contributed by atoms with E-state index in [1.54, 1.807) is 6.07 Å². The molecule has 3 aliphatic carbocycles. The van der Waals surface area contributed by atoms with E-state index in [1.165, 1.54) is 0 Å². The van der Waals surface area contributed by atoms with Gasteiger partial charge in [0.25, 0.3) is 0 Å². The van der Waals surface area contributed by atoms with Crippen LogP contribution in [0, 0.1) is 11.8 Å². The largest absolute Gasteiger partial charge is 0.511 e. The zero-order valence-electron chi connectivity index (χ0n) is 21.5. The van der Waals surface area contributed by atoms with Crippen LogP contribution >= 0.6 is 0 Å². The molecule has 0 aliphatic heterocycles. The second-order valence-corrected chi connectivity index (χ2v) is 10.5. The molecule has 0 fully saturated rings. The van der Waals surface area contributed by atoms with Crippen LogP contribution in [0.1, 0.15) is 54.6 Å². The minimum Gasteiger partial charge on any atom is -0.511 e. The number of aliphatic hydroxyl groups is 4. The third kappa shape index (κ3) is 4.13. The van der Waals surface area contributed by atoms with Gasteiger partial charge in [0, 0.05) is 62.5 Å². The van der Waals surface area contributed by atoms with Crippen LogP contribution < -0.4 is 10.2 Å². The molecule has 0 amide bonds. The molecular weight excluding hydrogens is 480 g/mol. The number of fused-ring (bicyclic) bond motifs is 3. The smallest absolute Gasteiger partial charge is 0.209 e. The van der Waals surface area contributed by atoms with Gasteiger partial charge in [0.2, 0.25) is 5.78 Å². The van der Waals surface area contributed by atoms with Crippen LogP contribution in [0.4, 0.5) is 5.69 Å². The predicted octanol–water partition coefficient (Wildman–Crippen LogP) is 1.61. The summed E-state index contributed by atoms with van der Waals surface area (Å²) in [7, 11) is 3.63. The molecule has 0 spiro atoms. The fourth-order valence-corrected chi connectivity index (χ4v) is 5.94. The topological polar surface area (TPSA) is 168 Å². The van der Waals surface area contributed by atoms with Crippen LogP contribution in [0.25, 0.3) is 0 Å². The number of hydrogen-bond donors (Lipinski definition) is 6. The van der Waals surface area contributed by atoms with Crippen LogP contribution in [0.2, 0.25) is 0 Å². The third-order valence-corrected chi connectivity index (χ3v) is 7.91. The van der Waals surface area contributed by atoms with Gasteiger partial charge in [-0.1, -0.05) is 0 Å². The Morgan fingerprint density at radius 2 is 1.89 bits per heavy atom. The van der Waals surface area contributed by atoms with E-state index in [-0.39, 0.29) is 55.3 Å². The molecule has 1 aromatic carbocycles. The van der Waals surface area contributed by atoms with Crippen molar-refractivity contribution in [2.24, 2.45) is 11.8 Å².